The van der Waals surface area contributed by atoms with Crippen LogP contribution in [0.3, 0.4) is 0 Å². The average Bonchev–Trinajstić information content (AvgIpc) is 2.64. The lowest BCUT2D eigenvalue weighted by Crippen LogP contribution is -2.47. The van der Waals surface area contributed by atoms with Crippen molar-refractivity contribution in [2.45, 2.75) is 13.8 Å². The van der Waals surface area contributed by atoms with E-state index in [-0.39, 0.29) is 11.8 Å². The first kappa shape index (κ1) is 18.1. The van der Waals surface area contributed by atoms with E-state index in [1.165, 1.54) is 0 Å². The van der Waals surface area contributed by atoms with Crippen molar-refractivity contribution in [3.8, 4) is 0 Å². The number of hydrogen-bond acceptors (Lipinski definition) is 3. The number of piperazine rings is 1. The van der Waals surface area contributed by atoms with E-state index in [9.17, 15) is 9.59 Å². The summed E-state index contributed by atoms with van der Waals surface area (Å²) in [5.74, 6) is -0.101. The first-order chi connectivity index (χ1) is 12.4. The Morgan fingerprint density at radius 2 is 1.46 bits per heavy atom. The molecular formula is C21H25N3O2. The van der Waals surface area contributed by atoms with E-state index in [1.807, 2.05) is 36.9 Å². The summed E-state index contributed by atoms with van der Waals surface area (Å²) in [6, 6.07) is 12.8. The molecular weight excluding hydrogens is 326 g/mol. The van der Waals surface area contributed by atoms with Crippen molar-refractivity contribution in [3.63, 3.8) is 0 Å². The highest BCUT2D eigenvalue weighted by Gasteiger charge is 2.20. The summed E-state index contributed by atoms with van der Waals surface area (Å²) in [6.07, 6.45) is 0. The molecule has 2 amide bonds. The summed E-state index contributed by atoms with van der Waals surface area (Å²) in [5.41, 5.74) is 4.21. The Hall–Kier alpha value is -2.66. The molecule has 0 radical (unpaired) electrons. The van der Waals surface area contributed by atoms with Crippen LogP contribution in [-0.2, 0) is 0 Å². The van der Waals surface area contributed by atoms with Gasteiger partial charge in [0, 0.05) is 43.0 Å². The predicted molar refractivity (Wildman–Crippen MR) is 104 cm³/mol. The third-order valence-electron chi connectivity index (χ3n) is 4.95. The second-order valence-corrected chi connectivity index (χ2v) is 6.93. The number of carbonyl (C=O) groups excluding carboxylic acids is 2. The van der Waals surface area contributed by atoms with Gasteiger partial charge in [-0.05, 0) is 68.4 Å². The molecule has 0 aromatic heterocycles. The van der Waals surface area contributed by atoms with Gasteiger partial charge in [-0.15, -0.1) is 0 Å². The third-order valence-corrected chi connectivity index (χ3v) is 4.95. The van der Waals surface area contributed by atoms with Gasteiger partial charge in [-0.2, -0.15) is 0 Å². The zero-order valence-electron chi connectivity index (χ0n) is 15.6. The summed E-state index contributed by atoms with van der Waals surface area (Å²) in [4.78, 5) is 29.0. The number of hydrogen-bond donors (Lipinski definition) is 1. The number of nitrogens with one attached hydrogen (secondary N) is 1. The van der Waals surface area contributed by atoms with Crippen molar-refractivity contribution < 1.29 is 9.59 Å². The Morgan fingerprint density at radius 1 is 0.846 bits per heavy atom. The molecule has 1 saturated heterocycles. The van der Waals surface area contributed by atoms with Gasteiger partial charge in [-0.3, -0.25) is 9.59 Å². The van der Waals surface area contributed by atoms with Gasteiger partial charge in [0.1, 0.15) is 0 Å². The Kier molecular flexibility index (Phi) is 5.38. The van der Waals surface area contributed by atoms with Gasteiger partial charge in [0.05, 0.1) is 0 Å². The Balaban J connectivity index is 1.64. The van der Waals surface area contributed by atoms with E-state index >= 15 is 0 Å². The van der Waals surface area contributed by atoms with Crippen LogP contribution in [0.15, 0.2) is 42.5 Å². The number of benzene rings is 2. The van der Waals surface area contributed by atoms with Crippen LogP contribution < -0.4 is 5.32 Å². The number of likely N-dealkylation sites (N-methyl/N-ethyl adjacent to an activating group) is 1. The maximum Gasteiger partial charge on any atom is 0.255 e. The lowest BCUT2D eigenvalue weighted by Gasteiger charge is -2.32. The minimum atomic E-state index is -0.147. The quantitative estimate of drug-likeness (QED) is 0.925. The molecule has 0 bridgehead atoms. The molecule has 0 unspecified atom stereocenters. The molecule has 5 nitrogen and oxygen atoms in total. The number of carbonyl (C=O) groups is 2. The molecule has 1 N–H and O–H groups in total. The molecule has 5 heteroatoms. The normalized spacial score (nSPS) is 15.0. The molecule has 1 aliphatic heterocycles. The lowest BCUT2D eigenvalue weighted by atomic mass is 10.1. The highest BCUT2D eigenvalue weighted by molar-refractivity contribution is 6.04. The summed E-state index contributed by atoms with van der Waals surface area (Å²) in [5, 5.41) is 2.89. The van der Waals surface area contributed by atoms with Gasteiger partial charge in [0.25, 0.3) is 11.8 Å². The van der Waals surface area contributed by atoms with Crippen molar-refractivity contribution >= 4 is 17.5 Å². The fraction of sp³-hybridized carbons (Fsp3) is 0.333. The Bertz CT molecular complexity index is 807. The molecule has 0 atom stereocenters. The maximum atomic E-state index is 12.6. The predicted octanol–water partition coefficient (Wildman–Crippen LogP) is 2.94. The van der Waals surface area contributed by atoms with Crippen molar-refractivity contribution in [2.75, 3.05) is 38.5 Å². The average molecular weight is 351 g/mol. The summed E-state index contributed by atoms with van der Waals surface area (Å²) < 4.78 is 0. The number of rotatable bonds is 3. The van der Waals surface area contributed by atoms with Crippen LogP contribution in [-0.4, -0.2) is 54.8 Å². The smallest absolute Gasteiger partial charge is 0.255 e. The molecule has 26 heavy (non-hydrogen) atoms. The van der Waals surface area contributed by atoms with Crippen LogP contribution in [0.1, 0.15) is 31.8 Å². The lowest BCUT2D eigenvalue weighted by molar-refractivity contribution is 0.0664. The molecule has 1 heterocycles. The molecule has 1 fully saturated rings. The highest BCUT2D eigenvalue weighted by Crippen LogP contribution is 2.15. The number of nitrogens with zero attached hydrogens (tertiary/aromatic N) is 2. The monoisotopic (exact) mass is 351 g/mol. The van der Waals surface area contributed by atoms with Crippen LogP contribution in [0.4, 0.5) is 5.69 Å². The van der Waals surface area contributed by atoms with Gasteiger partial charge >= 0.3 is 0 Å². The molecule has 0 spiro atoms. The summed E-state index contributed by atoms with van der Waals surface area (Å²) >= 11 is 0. The van der Waals surface area contributed by atoms with E-state index in [2.05, 4.69) is 17.3 Å². The first-order valence-electron chi connectivity index (χ1n) is 8.90. The van der Waals surface area contributed by atoms with Crippen molar-refractivity contribution in [1.82, 2.24) is 9.80 Å². The Labute approximate surface area is 154 Å². The minimum Gasteiger partial charge on any atom is -0.336 e. The maximum absolute atomic E-state index is 12.6. The van der Waals surface area contributed by atoms with E-state index < -0.39 is 0 Å². The van der Waals surface area contributed by atoms with E-state index in [4.69, 9.17) is 0 Å². The molecule has 1 aliphatic rings. The Morgan fingerprint density at radius 3 is 2.08 bits per heavy atom. The van der Waals surface area contributed by atoms with Gasteiger partial charge in [0.15, 0.2) is 0 Å². The zero-order chi connectivity index (χ0) is 18.7. The fourth-order valence-electron chi connectivity index (χ4n) is 2.97. The second kappa shape index (κ2) is 7.70. The van der Waals surface area contributed by atoms with Crippen LogP contribution in [0.2, 0.25) is 0 Å². The SMILES string of the molecule is Cc1ccc(C(=O)Nc2ccc(C(=O)N3CCN(C)CC3)cc2)cc1C. The van der Waals surface area contributed by atoms with Crippen LogP contribution in [0.5, 0.6) is 0 Å². The minimum absolute atomic E-state index is 0.0464. The highest BCUT2D eigenvalue weighted by atomic mass is 16.2. The molecule has 2 aromatic rings. The van der Waals surface area contributed by atoms with Gasteiger partial charge < -0.3 is 15.1 Å². The van der Waals surface area contributed by atoms with Gasteiger partial charge in [-0.1, -0.05) is 6.07 Å². The van der Waals surface area contributed by atoms with Gasteiger partial charge in [-0.25, -0.2) is 0 Å². The van der Waals surface area contributed by atoms with E-state index in [1.54, 1.807) is 24.3 Å². The van der Waals surface area contributed by atoms with Crippen LogP contribution in [0, 0.1) is 13.8 Å². The fourth-order valence-corrected chi connectivity index (χ4v) is 2.97. The van der Waals surface area contributed by atoms with E-state index in [0.29, 0.717) is 16.8 Å². The molecule has 0 saturated carbocycles. The van der Waals surface area contributed by atoms with Crippen LogP contribution in [0.25, 0.3) is 0 Å². The van der Waals surface area contributed by atoms with Crippen molar-refractivity contribution in [1.29, 1.82) is 0 Å². The number of amides is 2. The van der Waals surface area contributed by atoms with Crippen molar-refractivity contribution in [3.05, 3.63) is 64.7 Å². The molecule has 136 valence electrons. The summed E-state index contributed by atoms with van der Waals surface area (Å²) in [7, 11) is 2.06. The van der Waals surface area contributed by atoms with E-state index in [0.717, 1.165) is 37.3 Å². The van der Waals surface area contributed by atoms with Crippen molar-refractivity contribution in [2.24, 2.45) is 0 Å². The second-order valence-electron chi connectivity index (χ2n) is 6.93. The molecule has 2 aromatic carbocycles. The molecule has 0 aliphatic carbocycles. The number of anilines is 1. The zero-order valence-corrected chi connectivity index (χ0v) is 15.6. The molecule has 3 rings (SSSR count). The third kappa shape index (κ3) is 4.11. The summed E-state index contributed by atoms with van der Waals surface area (Å²) in [6.45, 7) is 7.31. The van der Waals surface area contributed by atoms with Crippen LogP contribution >= 0.6 is 0 Å². The largest absolute Gasteiger partial charge is 0.336 e. The topological polar surface area (TPSA) is 52.7 Å². The first-order valence-corrected chi connectivity index (χ1v) is 8.90. The van der Waals surface area contributed by atoms with Gasteiger partial charge in [0.2, 0.25) is 0 Å². The number of aryl methyl sites for hydroxylation is 2. The standard InChI is InChI=1S/C21H25N3O2/c1-15-4-5-18(14-16(15)2)20(25)22-19-8-6-17(7-9-19)21(26)24-12-10-23(3)11-13-24/h4-9,14H,10-13H2,1-3H3,(H,22,25).